The maximum Gasteiger partial charge on any atom is 0.269 e. The van der Waals surface area contributed by atoms with Crippen molar-refractivity contribution in [2.75, 3.05) is 13.1 Å². The molecular weight excluding hydrogens is 316 g/mol. The number of nitrogens with two attached hydrogens (primary N) is 2. The molecule has 130 valence electrons. The zero-order valence-electron chi connectivity index (χ0n) is 13.1. The maximum atomic E-state index is 12.2. The number of carbonyl (C=O) groups is 3. The van der Waals surface area contributed by atoms with E-state index in [1.165, 1.54) is 24.3 Å². The predicted octanol–water partition coefficient (Wildman–Crippen LogP) is -0.242. The number of rotatable bonds is 9. The summed E-state index contributed by atoms with van der Waals surface area (Å²) in [5.41, 5.74) is 11.2. The largest absolute Gasteiger partial charge is 0.330 e. The van der Waals surface area contributed by atoms with Crippen LogP contribution in [-0.2, 0) is 20.8 Å². The molecule has 9 heteroatoms. The van der Waals surface area contributed by atoms with Gasteiger partial charge >= 0.3 is 0 Å². The molecule has 1 atom stereocenters. The van der Waals surface area contributed by atoms with E-state index in [4.69, 9.17) is 11.5 Å². The van der Waals surface area contributed by atoms with Crippen molar-refractivity contribution < 1.29 is 19.3 Å². The summed E-state index contributed by atoms with van der Waals surface area (Å²) >= 11 is 0. The van der Waals surface area contributed by atoms with Crippen LogP contribution in [0, 0.1) is 10.1 Å². The minimum atomic E-state index is -1.02. The Morgan fingerprint density at radius 3 is 2.29 bits per heavy atom. The summed E-state index contributed by atoms with van der Waals surface area (Å²) in [5, 5.41) is 10.6. The number of nitro groups is 1. The highest BCUT2D eigenvalue weighted by atomic mass is 16.6. The highest BCUT2D eigenvalue weighted by molar-refractivity contribution is 5.98. The van der Waals surface area contributed by atoms with Gasteiger partial charge in [0.2, 0.25) is 11.8 Å². The quantitative estimate of drug-likeness (QED) is 0.359. The second-order valence-corrected chi connectivity index (χ2v) is 5.08. The molecule has 0 aliphatic rings. The van der Waals surface area contributed by atoms with E-state index in [1.807, 2.05) is 0 Å². The van der Waals surface area contributed by atoms with E-state index in [0.717, 1.165) is 4.90 Å². The van der Waals surface area contributed by atoms with Crippen LogP contribution in [0.15, 0.2) is 24.3 Å². The van der Waals surface area contributed by atoms with Crippen LogP contribution < -0.4 is 11.5 Å². The lowest BCUT2D eigenvalue weighted by atomic mass is 10.0. The number of aldehydes is 1. The first-order valence-electron chi connectivity index (χ1n) is 7.38. The average molecular weight is 336 g/mol. The molecule has 1 aromatic carbocycles. The summed E-state index contributed by atoms with van der Waals surface area (Å²) in [6.45, 7) is -0.122. The van der Waals surface area contributed by atoms with Crippen LogP contribution in [0.25, 0.3) is 0 Å². The average Bonchev–Trinajstić information content (AvgIpc) is 2.59. The number of hydrogen-bond donors (Lipinski definition) is 2. The van der Waals surface area contributed by atoms with Gasteiger partial charge in [-0.1, -0.05) is 12.1 Å². The third-order valence-corrected chi connectivity index (χ3v) is 3.39. The molecule has 24 heavy (non-hydrogen) atoms. The van der Waals surface area contributed by atoms with Gasteiger partial charge < -0.3 is 16.3 Å². The van der Waals surface area contributed by atoms with Crippen molar-refractivity contribution in [3.63, 3.8) is 0 Å². The molecule has 0 saturated carbocycles. The van der Waals surface area contributed by atoms with Crippen LogP contribution in [0.3, 0.4) is 0 Å². The number of nitrogens with zero attached hydrogens (tertiary/aromatic N) is 2. The second-order valence-electron chi connectivity index (χ2n) is 5.08. The van der Waals surface area contributed by atoms with E-state index < -0.39 is 29.3 Å². The number of imide groups is 1. The fraction of sp³-hybridized carbons (Fsp3) is 0.400. The van der Waals surface area contributed by atoms with E-state index >= 15 is 0 Å². The summed E-state index contributed by atoms with van der Waals surface area (Å²) in [6.07, 6.45) is 0.972. The fourth-order valence-electron chi connectivity index (χ4n) is 2.18. The van der Waals surface area contributed by atoms with E-state index in [0.29, 0.717) is 18.3 Å². The molecule has 0 bridgehead atoms. The topological polar surface area (TPSA) is 150 Å². The lowest BCUT2D eigenvalue weighted by Crippen LogP contribution is -2.49. The van der Waals surface area contributed by atoms with Crippen LogP contribution in [-0.4, -0.2) is 47.1 Å². The Morgan fingerprint density at radius 1 is 1.21 bits per heavy atom. The Balaban J connectivity index is 2.96. The van der Waals surface area contributed by atoms with Crippen molar-refractivity contribution >= 4 is 23.8 Å². The van der Waals surface area contributed by atoms with Crippen LogP contribution in [0.5, 0.6) is 0 Å². The first kappa shape index (κ1) is 19.4. The van der Waals surface area contributed by atoms with Gasteiger partial charge in [0.25, 0.3) is 5.69 Å². The van der Waals surface area contributed by atoms with Crippen LogP contribution >= 0.6 is 0 Å². The van der Waals surface area contributed by atoms with Gasteiger partial charge in [0, 0.05) is 25.0 Å². The Bertz CT molecular complexity index is 602. The van der Waals surface area contributed by atoms with E-state index in [9.17, 15) is 24.5 Å². The van der Waals surface area contributed by atoms with Gasteiger partial charge in [-0.3, -0.25) is 24.6 Å². The zero-order valence-corrected chi connectivity index (χ0v) is 13.1. The highest BCUT2D eigenvalue weighted by Crippen LogP contribution is 2.15. The number of amides is 2. The molecule has 0 radical (unpaired) electrons. The normalized spacial score (nSPS) is 11.6. The van der Waals surface area contributed by atoms with Crippen LogP contribution in [0.2, 0.25) is 0 Å². The monoisotopic (exact) mass is 336 g/mol. The number of nitro benzene ring substituents is 1. The Morgan fingerprint density at radius 2 is 1.83 bits per heavy atom. The summed E-state index contributed by atoms with van der Waals surface area (Å²) < 4.78 is 0. The molecule has 0 aliphatic heterocycles. The predicted molar refractivity (Wildman–Crippen MR) is 85.8 cm³/mol. The van der Waals surface area contributed by atoms with Gasteiger partial charge in [-0.15, -0.1) is 0 Å². The molecule has 0 fully saturated rings. The number of carbonyl (C=O) groups excluding carboxylic acids is 3. The Hall–Kier alpha value is -2.65. The van der Waals surface area contributed by atoms with E-state index in [1.54, 1.807) is 0 Å². The second kappa shape index (κ2) is 9.48. The third kappa shape index (κ3) is 5.21. The molecular formula is C15H20N4O5. The molecule has 0 unspecified atom stereocenters. The summed E-state index contributed by atoms with van der Waals surface area (Å²) in [7, 11) is 0. The molecule has 0 spiro atoms. The van der Waals surface area contributed by atoms with E-state index in [2.05, 4.69) is 0 Å². The van der Waals surface area contributed by atoms with Crippen molar-refractivity contribution in [2.24, 2.45) is 11.5 Å². The molecule has 0 heterocycles. The van der Waals surface area contributed by atoms with Crippen molar-refractivity contribution in [1.82, 2.24) is 4.90 Å². The molecule has 9 nitrogen and oxygen atoms in total. The lowest BCUT2D eigenvalue weighted by molar-refractivity contribution is -0.384. The molecule has 1 rings (SSSR count). The van der Waals surface area contributed by atoms with E-state index in [-0.39, 0.29) is 25.1 Å². The highest BCUT2D eigenvalue weighted by Gasteiger charge is 2.28. The molecule has 4 N–H and O–H groups in total. The maximum absolute atomic E-state index is 12.2. The number of hydrogen-bond acceptors (Lipinski definition) is 7. The van der Waals surface area contributed by atoms with Gasteiger partial charge in [0.15, 0.2) is 0 Å². The van der Waals surface area contributed by atoms with Gasteiger partial charge in [-0.25, -0.2) is 0 Å². The third-order valence-electron chi connectivity index (χ3n) is 3.39. The molecule has 0 saturated heterocycles. The summed E-state index contributed by atoms with van der Waals surface area (Å²) in [5.74, 6) is -1.18. The smallest absolute Gasteiger partial charge is 0.269 e. The Labute approximate surface area is 138 Å². The molecule has 2 amide bonds. The van der Waals surface area contributed by atoms with Crippen molar-refractivity contribution in [3.05, 3.63) is 39.9 Å². The van der Waals surface area contributed by atoms with Crippen LogP contribution in [0.4, 0.5) is 5.69 Å². The van der Waals surface area contributed by atoms with Crippen molar-refractivity contribution in [3.8, 4) is 0 Å². The van der Waals surface area contributed by atoms with Gasteiger partial charge in [0.05, 0.1) is 17.5 Å². The minimum Gasteiger partial charge on any atom is -0.330 e. The number of benzene rings is 1. The van der Waals surface area contributed by atoms with Gasteiger partial charge in [-0.2, -0.15) is 0 Å². The fourth-order valence-corrected chi connectivity index (χ4v) is 2.18. The molecule has 0 aliphatic carbocycles. The first-order valence-corrected chi connectivity index (χ1v) is 7.38. The van der Waals surface area contributed by atoms with Crippen LogP contribution in [0.1, 0.15) is 18.4 Å². The van der Waals surface area contributed by atoms with Gasteiger partial charge in [0.1, 0.15) is 6.29 Å². The molecule has 1 aromatic rings. The Kier molecular flexibility index (Phi) is 7.66. The minimum absolute atomic E-state index is 0.0346. The standard InChI is InChI=1S/C15H20N4O5/c16-7-1-2-14(21)18(15(22)9-17)13(10-20)8-11-3-5-12(6-4-11)19(23)24/h3-6,10,13H,1-2,7-9,16-17H2/t13-/m0/s1. The van der Waals surface area contributed by atoms with Gasteiger partial charge in [-0.05, 0) is 18.5 Å². The first-order chi connectivity index (χ1) is 11.4. The van der Waals surface area contributed by atoms with Crippen molar-refractivity contribution in [1.29, 1.82) is 0 Å². The lowest BCUT2D eigenvalue weighted by Gasteiger charge is -2.26. The summed E-state index contributed by atoms with van der Waals surface area (Å²) in [6, 6.07) is 4.52. The molecule has 0 aromatic heterocycles. The van der Waals surface area contributed by atoms with Crippen molar-refractivity contribution in [2.45, 2.75) is 25.3 Å². The number of non-ortho nitro benzene ring substituents is 1. The summed E-state index contributed by atoms with van der Waals surface area (Å²) in [4.78, 5) is 46.5. The SMILES string of the molecule is NCCCC(=O)N(C(=O)CN)[C@H](C=O)Cc1ccc([N+](=O)[O-])cc1. The zero-order chi connectivity index (χ0) is 18.1.